The summed E-state index contributed by atoms with van der Waals surface area (Å²) in [4.78, 5) is 16.0. The Labute approximate surface area is 301 Å². The quantitative estimate of drug-likeness (QED) is 0.283. The summed E-state index contributed by atoms with van der Waals surface area (Å²) in [6, 6.07) is 15.9. The molecule has 1 aliphatic rings. The van der Waals surface area contributed by atoms with Crippen molar-refractivity contribution in [2.24, 2.45) is 5.92 Å². The molecule has 0 aliphatic carbocycles. The average Bonchev–Trinajstić information content (AvgIpc) is 3.12. The Kier molecular flexibility index (Phi) is 13.7. The van der Waals surface area contributed by atoms with Gasteiger partial charge < -0.3 is 29.0 Å². The summed E-state index contributed by atoms with van der Waals surface area (Å²) in [5.41, 5.74) is 0.254. The zero-order valence-electron chi connectivity index (χ0n) is 29.9. The molecule has 3 aromatic rings. The van der Waals surface area contributed by atoms with E-state index >= 15 is 0 Å². The van der Waals surface area contributed by atoms with Crippen LogP contribution in [0.1, 0.15) is 50.4 Å². The first kappa shape index (κ1) is 39.9. The lowest BCUT2D eigenvalue weighted by atomic mass is 10.0. The van der Waals surface area contributed by atoms with E-state index in [0.717, 1.165) is 6.42 Å². The number of amides is 1. The Morgan fingerprint density at radius 2 is 1.55 bits per heavy atom. The van der Waals surface area contributed by atoms with Crippen molar-refractivity contribution in [2.45, 2.75) is 68.1 Å². The highest BCUT2D eigenvalue weighted by atomic mass is 32.2. The van der Waals surface area contributed by atoms with Gasteiger partial charge in [-0.2, -0.15) is 4.31 Å². The van der Waals surface area contributed by atoms with Crippen LogP contribution < -0.4 is 18.9 Å². The smallest absolute Gasteiger partial charge is 0.261 e. The number of nitrogens with one attached hydrogen (secondary N) is 1. The molecule has 4 atom stereocenters. The molecular formula is C36H49N3O10S2. The molecule has 0 aromatic heterocycles. The summed E-state index contributed by atoms with van der Waals surface area (Å²) in [5, 5.41) is 10.3. The number of likely N-dealkylation sites (N-methyl/N-ethyl adjacent to an activating group) is 1. The largest absolute Gasteiger partial charge is 0.497 e. The standard InChI is InChI=1S/C36H49N3O10S2/c1-25-22-39(26(2)24-40)36(41)33-21-28(37-50(42,43)31-15-11-29(46-5)12-16-31)10-19-34(33)49-27(3)9-7-8-20-48-35(25)23-38(4)51(44,45)32-17-13-30(47-6)14-18-32/h10-19,21,25-27,35,37,40H,7-9,20,22-24H2,1-6H3/t25-,26-,27+,35+/m0/s1. The van der Waals surface area contributed by atoms with Crippen molar-refractivity contribution in [3.63, 3.8) is 0 Å². The van der Waals surface area contributed by atoms with E-state index < -0.39 is 38.1 Å². The molecule has 0 fully saturated rings. The average molecular weight is 748 g/mol. The number of carbonyl (C=O) groups is 1. The Bertz CT molecular complexity index is 1820. The number of benzene rings is 3. The van der Waals surface area contributed by atoms with Gasteiger partial charge in [0.2, 0.25) is 10.0 Å². The number of ether oxygens (including phenoxy) is 4. The van der Waals surface area contributed by atoms with Gasteiger partial charge in [0.05, 0.1) is 54.4 Å². The van der Waals surface area contributed by atoms with Gasteiger partial charge in [0.1, 0.15) is 17.2 Å². The topological polar surface area (TPSA) is 161 Å². The lowest BCUT2D eigenvalue weighted by molar-refractivity contribution is -0.00833. The first-order chi connectivity index (χ1) is 24.2. The van der Waals surface area contributed by atoms with Gasteiger partial charge in [-0.3, -0.25) is 9.52 Å². The van der Waals surface area contributed by atoms with E-state index in [4.69, 9.17) is 18.9 Å². The lowest BCUT2D eigenvalue weighted by Gasteiger charge is -2.35. The minimum Gasteiger partial charge on any atom is -0.497 e. The highest BCUT2D eigenvalue weighted by Crippen LogP contribution is 2.30. The van der Waals surface area contributed by atoms with Crippen molar-refractivity contribution in [3.8, 4) is 17.2 Å². The van der Waals surface area contributed by atoms with Crippen molar-refractivity contribution in [1.82, 2.24) is 9.21 Å². The summed E-state index contributed by atoms with van der Waals surface area (Å²) < 4.78 is 80.3. The molecule has 1 heterocycles. The van der Waals surface area contributed by atoms with E-state index in [1.807, 2.05) is 13.8 Å². The zero-order chi connectivity index (χ0) is 37.3. The number of nitrogens with zero attached hydrogens (tertiary/aromatic N) is 2. The van der Waals surface area contributed by atoms with Gasteiger partial charge in [-0.25, -0.2) is 16.8 Å². The molecule has 2 N–H and O–H groups in total. The summed E-state index contributed by atoms with van der Waals surface area (Å²) in [7, 11) is -3.43. The fourth-order valence-corrected chi connectivity index (χ4v) is 7.93. The molecule has 13 nitrogen and oxygen atoms in total. The number of carbonyl (C=O) groups excluding carboxylic acids is 1. The molecule has 1 aliphatic heterocycles. The van der Waals surface area contributed by atoms with Crippen LogP contribution in [0, 0.1) is 5.92 Å². The Morgan fingerprint density at radius 1 is 0.941 bits per heavy atom. The SMILES string of the molecule is COc1ccc(S(=O)(=O)Nc2ccc3c(c2)C(=O)N([C@@H](C)CO)C[C@H](C)[C@@H](CN(C)S(=O)(=O)c2ccc(OC)cc2)OCCCC[C@@H](C)O3)cc1. The third kappa shape index (κ3) is 10.1. The minimum absolute atomic E-state index is 0.00829. The molecule has 1 amide bonds. The Hall–Kier alpha value is -3.89. The molecule has 280 valence electrons. The second-order valence-corrected chi connectivity index (χ2v) is 16.5. The predicted octanol–water partition coefficient (Wildman–Crippen LogP) is 4.62. The second-order valence-electron chi connectivity index (χ2n) is 12.8. The maximum Gasteiger partial charge on any atom is 0.261 e. The maximum absolute atomic E-state index is 14.4. The number of anilines is 1. The number of fused-ring (bicyclic) bond motifs is 1. The number of methoxy groups -OCH3 is 2. The zero-order valence-corrected chi connectivity index (χ0v) is 31.6. The molecule has 4 rings (SSSR count). The molecule has 0 spiro atoms. The third-order valence-electron chi connectivity index (χ3n) is 8.88. The second kappa shape index (κ2) is 17.6. The van der Waals surface area contributed by atoms with Crippen molar-refractivity contribution in [1.29, 1.82) is 0 Å². The molecular weight excluding hydrogens is 699 g/mol. The van der Waals surface area contributed by atoms with Crippen LogP contribution in [-0.2, 0) is 24.8 Å². The minimum atomic E-state index is -4.03. The van der Waals surface area contributed by atoms with Crippen molar-refractivity contribution < 1.29 is 45.7 Å². The van der Waals surface area contributed by atoms with E-state index in [1.54, 1.807) is 25.1 Å². The first-order valence-corrected chi connectivity index (χ1v) is 19.7. The van der Waals surface area contributed by atoms with Crippen molar-refractivity contribution in [3.05, 3.63) is 72.3 Å². The van der Waals surface area contributed by atoms with Crippen LogP contribution >= 0.6 is 0 Å². The van der Waals surface area contributed by atoms with Crippen LogP contribution in [-0.4, -0.2) is 103 Å². The summed E-state index contributed by atoms with van der Waals surface area (Å²) in [6.45, 7) is 5.58. The normalized spacial score (nSPS) is 20.1. The van der Waals surface area contributed by atoms with Gasteiger partial charge >= 0.3 is 0 Å². The van der Waals surface area contributed by atoms with Gasteiger partial charge in [-0.15, -0.1) is 0 Å². The molecule has 51 heavy (non-hydrogen) atoms. The van der Waals surface area contributed by atoms with Crippen molar-refractivity contribution in [2.75, 3.05) is 52.3 Å². The molecule has 0 saturated carbocycles. The third-order valence-corrected chi connectivity index (χ3v) is 12.1. The molecule has 15 heteroatoms. The molecule has 0 radical (unpaired) electrons. The van der Waals surface area contributed by atoms with Crippen LogP contribution in [0.2, 0.25) is 0 Å². The molecule has 3 aromatic carbocycles. The fourth-order valence-electron chi connectivity index (χ4n) is 5.70. The van der Waals surface area contributed by atoms with Crippen LogP contribution in [0.25, 0.3) is 0 Å². The van der Waals surface area contributed by atoms with Gasteiger partial charge in [-0.1, -0.05) is 6.92 Å². The number of hydrogen-bond acceptors (Lipinski definition) is 10. The highest BCUT2D eigenvalue weighted by Gasteiger charge is 2.32. The highest BCUT2D eigenvalue weighted by molar-refractivity contribution is 7.92. The summed E-state index contributed by atoms with van der Waals surface area (Å²) >= 11 is 0. The fraction of sp³-hybridized carbons (Fsp3) is 0.472. The van der Waals surface area contributed by atoms with Crippen LogP contribution in [0.4, 0.5) is 5.69 Å². The lowest BCUT2D eigenvalue weighted by Crippen LogP contribution is -2.48. The van der Waals surface area contributed by atoms with Gasteiger partial charge in [0, 0.05) is 38.3 Å². The summed E-state index contributed by atoms with van der Waals surface area (Å²) in [6.07, 6.45) is 1.19. The monoisotopic (exact) mass is 747 g/mol. The van der Waals surface area contributed by atoms with Gasteiger partial charge in [-0.05, 0) is 99.8 Å². The number of rotatable bonds is 11. The molecule has 0 unspecified atom stereocenters. The van der Waals surface area contributed by atoms with Crippen LogP contribution in [0.5, 0.6) is 17.2 Å². The first-order valence-electron chi connectivity index (χ1n) is 16.8. The Morgan fingerprint density at radius 3 is 2.14 bits per heavy atom. The van der Waals surface area contributed by atoms with Gasteiger partial charge in [0.15, 0.2) is 0 Å². The van der Waals surface area contributed by atoms with Crippen LogP contribution in [0.3, 0.4) is 0 Å². The predicted molar refractivity (Wildman–Crippen MR) is 193 cm³/mol. The summed E-state index contributed by atoms with van der Waals surface area (Å²) in [5.74, 6) is 0.427. The van der Waals surface area contributed by atoms with E-state index in [2.05, 4.69) is 4.72 Å². The number of hydrogen-bond donors (Lipinski definition) is 2. The van der Waals surface area contributed by atoms with E-state index in [0.29, 0.717) is 30.9 Å². The number of sulfonamides is 2. The number of aliphatic hydroxyl groups excluding tert-OH is 1. The number of aliphatic hydroxyl groups is 1. The Balaban J connectivity index is 1.66. The molecule has 0 bridgehead atoms. The van der Waals surface area contributed by atoms with Crippen molar-refractivity contribution >= 4 is 31.6 Å². The van der Waals surface area contributed by atoms with E-state index in [1.165, 1.54) is 79.0 Å². The van der Waals surface area contributed by atoms with E-state index in [9.17, 15) is 26.7 Å². The van der Waals surface area contributed by atoms with E-state index in [-0.39, 0.29) is 58.5 Å². The maximum atomic E-state index is 14.4. The van der Waals surface area contributed by atoms with Crippen LogP contribution in [0.15, 0.2) is 76.5 Å². The van der Waals surface area contributed by atoms with Gasteiger partial charge in [0.25, 0.3) is 15.9 Å². The molecule has 0 saturated heterocycles.